The Labute approximate surface area is 127 Å². The first-order valence-corrected chi connectivity index (χ1v) is 8.77. The lowest BCUT2D eigenvalue weighted by molar-refractivity contribution is 0.314. The Morgan fingerprint density at radius 3 is 2.74 bits per heavy atom. The molecule has 1 aliphatic rings. The van der Waals surface area contributed by atoms with Gasteiger partial charge in [0.2, 0.25) is 0 Å². The summed E-state index contributed by atoms with van der Waals surface area (Å²) in [5.41, 5.74) is 5.52. The van der Waals surface area contributed by atoms with E-state index in [-0.39, 0.29) is 16.0 Å². The number of nitrogens with zero attached hydrogens (tertiary/aromatic N) is 1. The number of rotatable bonds is 5. The molecular formula is C9H11BrClN3O3S2. The molecule has 0 spiro atoms. The highest BCUT2D eigenvalue weighted by Gasteiger charge is 2.37. The molecule has 6 nitrogen and oxygen atoms in total. The average molecular weight is 389 g/mol. The summed E-state index contributed by atoms with van der Waals surface area (Å²) in [5, 5.41) is 11.9. The van der Waals surface area contributed by atoms with Gasteiger partial charge >= 0.3 is 0 Å². The van der Waals surface area contributed by atoms with Crippen molar-refractivity contribution in [3.05, 3.63) is 14.9 Å². The molecule has 2 rings (SSSR count). The molecule has 0 amide bonds. The number of hydrogen-bond donors (Lipinski definition) is 3. The van der Waals surface area contributed by atoms with Crippen molar-refractivity contribution in [2.24, 2.45) is 16.8 Å². The largest absolute Gasteiger partial charge is 0.409 e. The van der Waals surface area contributed by atoms with Gasteiger partial charge in [0, 0.05) is 0 Å². The van der Waals surface area contributed by atoms with Gasteiger partial charge in [0.25, 0.3) is 10.0 Å². The predicted molar refractivity (Wildman–Crippen MR) is 77.3 cm³/mol. The predicted octanol–water partition coefficient (Wildman–Crippen LogP) is 1.97. The van der Waals surface area contributed by atoms with E-state index < -0.39 is 16.1 Å². The Balaban J connectivity index is 2.24. The zero-order chi connectivity index (χ0) is 14.2. The molecule has 4 N–H and O–H groups in total. The molecule has 1 saturated carbocycles. The molecule has 0 aliphatic heterocycles. The Hall–Kier alpha value is -0.350. The van der Waals surface area contributed by atoms with E-state index >= 15 is 0 Å². The van der Waals surface area contributed by atoms with E-state index in [0.29, 0.717) is 8.81 Å². The Morgan fingerprint density at radius 1 is 1.68 bits per heavy atom. The smallest absolute Gasteiger partial charge is 0.250 e. The van der Waals surface area contributed by atoms with E-state index in [0.717, 1.165) is 24.2 Å². The van der Waals surface area contributed by atoms with Crippen LogP contribution in [-0.4, -0.2) is 25.5 Å². The minimum atomic E-state index is -3.74. The number of oxime groups is 1. The normalized spacial score (nSPS) is 18.5. The molecule has 1 aromatic rings. The summed E-state index contributed by atoms with van der Waals surface area (Å²) in [5.74, 6) is -0.0580. The zero-order valence-electron chi connectivity index (χ0n) is 9.51. The highest BCUT2D eigenvalue weighted by Crippen LogP contribution is 2.36. The second-order valence-electron chi connectivity index (χ2n) is 4.15. The fourth-order valence-electron chi connectivity index (χ4n) is 1.57. The number of nitrogens with one attached hydrogen (secondary N) is 1. The topological polar surface area (TPSA) is 105 Å². The fourth-order valence-corrected chi connectivity index (χ4v) is 5.27. The molecule has 1 unspecified atom stereocenters. The van der Waals surface area contributed by atoms with Gasteiger partial charge < -0.3 is 10.9 Å². The van der Waals surface area contributed by atoms with Crippen LogP contribution in [-0.2, 0) is 10.0 Å². The van der Waals surface area contributed by atoms with Crippen molar-refractivity contribution in [3.63, 3.8) is 0 Å². The van der Waals surface area contributed by atoms with Crippen LogP contribution in [0.15, 0.2) is 19.2 Å². The Bertz CT molecular complexity index is 593. The van der Waals surface area contributed by atoms with Gasteiger partial charge in [-0.3, -0.25) is 0 Å². The standard InChI is InChI=1S/C9H11BrClN3O3S2/c10-8-5(11)3-6(18-8)19(16,17)14-7(4-1-2-4)9(12)13-15/h3-4,7,14-15H,1-2H2,(H2,12,13). The molecule has 0 radical (unpaired) electrons. The first-order chi connectivity index (χ1) is 8.85. The van der Waals surface area contributed by atoms with Crippen LogP contribution in [0.3, 0.4) is 0 Å². The number of hydrogen-bond acceptors (Lipinski definition) is 5. The Kier molecular flexibility index (Phi) is 4.41. The van der Waals surface area contributed by atoms with E-state index in [1.807, 2.05) is 0 Å². The van der Waals surface area contributed by atoms with Crippen molar-refractivity contribution >= 4 is 54.7 Å². The van der Waals surface area contributed by atoms with Gasteiger partial charge in [-0.25, -0.2) is 8.42 Å². The molecule has 1 aliphatic carbocycles. The third kappa shape index (κ3) is 3.40. The molecule has 106 valence electrons. The van der Waals surface area contributed by atoms with Gasteiger partial charge in [-0.15, -0.1) is 11.3 Å². The van der Waals surface area contributed by atoms with Crippen LogP contribution in [0.4, 0.5) is 0 Å². The van der Waals surface area contributed by atoms with Crippen molar-refractivity contribution in [3.8, 4) is 0 Å². The summed E-state index contributed by atoms with van der Waals surface area (Å²) in [4.78, 5) is 0. The lowest BCUT2D eigenvalue weighted by atomic mass is 10.2. The molecule has 19 heavy (non-hydrogen) atoms. The molecule has 0 aromatic carbocycles. The van der Waals surface area contributed by atoms with Crippen LogP contribution >= 0.6 is 38.9 Å². The van der Waals surface area contributed by atoms with Crippen LogP contribution in [0.25, 0.3) is 0 Å². The fraction of sp³-hybridized carbons (Fsp3) is 0.444. The quantitative estimate of drug-likeness (QED) is 0.310. The lowest BCUT2D eigenvalue weighted by Crippen LogP contribution is -2.45. The van der Waals surface area contributed by atoms with Crippen molar-refractivity contribution in [1.82, 2.24) is 4.72 Å². The first kappa shape index (κ1) is 15.0. The van der Waals surface area contributed by atoms with Gasteiger partial charge in [0.1, 0.15) is 4.21 Å². The molecule has 0 bridgehead atoms. The minimum absolute atomic E-state index is 0.0737. The highest BCUT2D eigenvalue weighted by atomic mass is 79.9. The van der Waals surface area contributed by atoms with Crippen LogP contribution in [0.1, 0.15) is 12.8 Å². The van der Waals surface area contributed by atoms with Crippen molar-refractivity contribution in [1.29, 1.82) is 0 Å². The third-order valence-electron chi connectivity index (χ3n) is 2.70. The molecule has 10 heteroatoms. The molecule has 1 heterocycles. The third-order valence-corrected chi connectivity index (χ3v) is 7.09. The van der Waals surface area contributed by atoms with E-state index in [1.54, 1.807) is 0 Å². The summed E-state index contributed by atoms with van der Waals surface area (Å²) in [7, 11) is -3.74. The number of nitrogens with two attached hydrogens (primary N) is 1. The van der Waals surface area contributed by atoms with Crippen molar-refractivity contribution in [2.75, 3.05) is 0 Å². The van der Waals surface area contributed by atoms with E-state index in [9.17, 15) is 8.42 Å². The van der Waals surface area contributed by atoms with Gasteiger partial charge in [-0.1, -0.05) is 16.8 Å². The number of amidine groups is 1. The van der Waals surface area contributed by atoms with Gasteiger partial charge in [0.05, 0.1) is 14.9 Å². The summed E-state index contributed by atoms with van der Waals surface area (Å²) < 4.78 is 27.5. The minimum Gasteiger partial charge on any atom is -0.409 e. The summed E-state index contributed by atoms with van der Waals surface area (Å²) in [6.07, 6.45) is 1.69. The second-order valence-corrected chi connectivity index (χ2v) is 8.87. The maximum atomic E-state index is 12.2. The van der Waals surface area contributed by atoms with E-state index in [4.69, 9.17) is 22.5 Å². The molecule has 1 aromatic heterocycles. The van der Waals surface area contributed by atoms with Gasteiger partial charge in [-0.2, -0.15) is 4.72 Å². The highest BCUT2D eigenvalue weighted by molar-refractivity contribution is 9.11. The van der Waals surface area contributed by atoms with E-state index in [2.05, 4.69) is 25.8 Å². The van der Waals surface area contributed by atoms with Crippen LogP contribution < -0.4 is 10.5 Å². The maximum Gasteiger partial charge on any atom is 0.250 e. The Morgan fingerprint density at radius 2 is 2.32 bits per heavy atom. The molecule has 1 atom stereocenters. The van der Waals surface area contributed by atoms with Gasteiger partial charge in [0.15, 0.2) is 5.84 Å². The second kappa shape index (κ2) is 5.57. The van der Waals surface area contributed by atoms with Crippen molar-refractivity contribution in [2.45, 2.75) is 23.1 Å². The molecular weight excluding hydrogens is 378 g/mol. The lowest BCUT2D eigenvalue weighted by Gasteiger charge is -2.15. The summed E-state index contributed by atoms with van der Waals surface area (Å²) in [6.45, 7) is 0. The van der Waals surface area contributed by atoms with Crippen molar-refractivity contribution < 1.29 is 13.6 Å². The molecule has 1 fully saturated rings. The van der Waals surface area contributed by atoms with Crippen LogP contribution in [0.2, 0.25) is 5.02 Å². The molecule has 0 saturated heterocycles. The number of thiophene rings is 1. The van der Waals surface area contributed by atoms with Gasteiger partial charge in [-0.05, 0) is 40.8 Å². The summed E-state index contributed by atoms with van der Waals surface area (Å²) >= 11 is 9.99. The average Bonchev–Trinajstić information content (AvgIpc) is 3.13. The maximum absolute atomic E-state index is 12.2. The van der Waals surface area contributed by atoms with Crippen LogP contribution in [0.5, 0.6) is 0 Å². The summed E-state index contributed by atoms with van der Waals surface area (Å²) in [6, 6.07) is 0.671. The zero-order valence-corrected chi connectivity index (χ0v) is 13.5. The number of halogens is 2. The van der Waals surface area contributed by atoms with E-state index in [1.165, 1.54) is 6.07 Å². The van der Waals surface area contributed by atoms with Crippen LogP contribution in [0, 0.1) is 5.92 Å². The first-order valence-electron chi connectivity index (χ1n) is 5.29. The number of sulfonamides is 1. The SMILES string of the molecule is NC(=NO)C(NS(=O)(=O)c1cc(Cl)c(Br)s1)C1CC1. The monoisotopic (exact) mass is 387 g/mol.